The molecule has 1 N–H and O–H groups in total. The van der Waals surface area contributed by atoms with Gasteiger partial charge in [0.25, 0.3) is 0 Å². The van der Waals surface area contributed by atoms with Crippen molar-refractivity contribution in [2.24, 2.45) is 5.92 Å². The Morgan fingerprint density at radius 1 is 1.19 bits per heavy atom. The summed E-state index contributed by atoms with van der Waals surface area (Å²) in [6.45, 7) is 7.44. The molecular weight excluding hydrogens is 288 g/mol. The average molecular weight is 312 g/mol. The number of hydrogen-bond donors (Lipinski definition) is 1. The van der Waals surface area contributed by atoms with Crippen molar-refractivity contribution < 1.29 is 13.2 Å². The van der Waals surface area contributed by atoms with E-state index in [9.17, 15) is 8.42 Å². The molecule has 1 fully saturated rings. The monoisotopic (exact) mass is 312 g/mol. The largest absolute Gasteiger partial charge is 0.493 e. The highest BCUT2D eigenvalue weighted by atomic mass is 32.2. The van der Waals surface area contributed by atoms with Crippen LogP contribution in [0.1, 0.15) is 20.3 Å². The molecule has 0 amide bonds. The lowest BCUT2D eigenvalue weighted by Crippen LogP contribution is -2.34. The van der Waals surface area contributed by atoms with E-state index in [1.165, 1.54) is 0 Å². The Morgan fingerprint density at radius 3 is 2.57 bits per heavy atom. The van der Waals surface area contributed by atoms with E-state index in [0.29, 0.717) is 42.8 Å². The highest BCUT2D eigenvalue weighted by Crippen LogP contribution is 2.20. The Hall–Kier alpha value is -1.11. The third kappa shape index (κ3) is 4.43. The fourth-order valence-electron chi connectivity index (χ4n) is 2.18. The van der Waals surface area contributed by atoms with E-state index in [-0.39, 0.29) is 0 Å². The second-order valence-electron chi connectivity index (χ2n) is 5.68. The summed E-state index contributed by atoms with van der Waals surface area (Å²) in [5.74, 6) is 1.15. The van der Waals surface area contributed by atoms with Crippen LogP contribution >= 0.6 is 0 Å². The SMILES string of the molecule is CC(C)COc1ccc(S(=O)(=O)N2CCCNCC2)cc1. The van der Waals surface area contributed by atoms with E-state index in [2.05, 4.69) is 19.2 Å². The van der Waals surface area contributed by atoms with Crippen LogP contribution in [0.25, 0.3) is 0 Å². The predicted octanol–water partition coefficient (Wildman–Crippen LogP) is 1.71. The minimum absolute atomic E-state index is 0.335. The lowest BCUT2D eigenvalue weighted by Gasteiger charge is -2.19. The predicted molar refractivity (Wildman–Crippen MR) is 83.0 cm³/mol. The van der Waals surface area contributed by atoms with Gasteiger partial charge in [0, 0.05) is 19.6 Å². The van der Waals surface area contributed by atoms with Gasteiger partial charge in [0.1, 0.15) is 5.75 Å². The molecule has 0 unspecified atom stereocenters. The molecular formula is C15H24N2O3S. The zero-order valence-corrected chi connectivity index (χ0v) is 13.5. The van der Waals surface area contributed by atoms with E-state index >= 15 is 0 Å². The number of hydrogen-bond acceptors (Lipinski definition) is 4. The van der Waals surface area contributed by atoms with Crippen LogP contribution in [-0.2, 0) is 10.0 Å². The molecule has 5 nitrogen and oxygen atoms in total. The third-order valence-electron chi connectivity index (χ3n) is 3.34. The molecule has 1 aliphatic heterocycles. The summed E-state index contributed by atoms with van der Waals surface area (Å²) in [6.07, 6.45) is 0.842. The van der Waals surface area contributed by atoms with Crippen molar-refractivity contribution in [3.63, 3.8) is 0 Å². The van der Waals surface area contributed by atoms with Crippen LogP contribution in [0.4, 0.5) is 0 Å². The van der Waals surface area contributed by atoms with Crippen molar-refractivity contribution in [2.75, 3.05) is 32.8 Å². The van der Waals surface area contributed by atoms with Gasteiger partial charge in [0.15, 0.2) is 0 Å². The Labute approximate surface area is 127 Å². The number of nitrogens with zero attached hydrogens (tertiary/aromatic N) is 1. The molecule has 2 rings (SSSR count). The lowest BCUT2D eigenvalue weighted by molar-refractivity contribution is 0.271. The van der Waals surface area contributed by atoms with Crippen molar-refractivity contribution >= 4 is 10.0 Å². The summed E-state index contributed by atoms with van der Waals surface area (Å²) in [6, 6.07) is 6.71. The zero-order valence-electron chi connectivity index (χ0n) is 12.7. The van der Waals surface area contributed by atoms with Crippen LogP contribution in [-0.4, -0.2) is 45.5 Å². The van der Waals surface area contributed by atoms with Crippen LogP contribution in [0.3, 0.4) is 0 Å². The molecule has 1 aliphatic rings. The van der Waals surface area contributed by atoms with Gasteiger partial charge in [-0.2, -0.15) is 4.31 Å². The fourth-order valence-corrected chi connectivity index (χ4v) is 3.66. The van der Waals surface area contributed by atoms with Gasteiger partial charge < -0.3 is 10.1 Å². The number of nitrogens with one attached hydrogen (secondary N) is 1. The van der Waals surface area contributed by atoms with Gasteiger partial charge in [-0.15, -0.1) is 0 Å². The van der Waals surface area contributed by atoms with Crippen LogP contribution in [0, 0.1) is 5.92 Å². The second-order valence-corrected chi connectivity index (χ2v) is 7.62. The standard InChI is InChI=1S/C15H24N2O3S/c1-13(2)12-20-14-4-6-15(7-5-14)21(18,19)17-10-3-8-16-9-11-17/h4-7,13,16H,3,8-12H2,1-2H3. The van der Waals surface area contributed by atoms with Crippen molar-refractivity contribution in [1.82, 2.24) is 9.62 Å². The van der Waals surface area contributed by atoms with Crippen molar-refractivity contribution in [3.05, 3.63) is 24.3 Å². The minimum atomic E-state index is -3.40. The summed E-state index contributed by atoms with van der Waals surface area (Å²) in [5.41, 5.74) is 0. The Morgan fingerprint density at radius 2 is 1.90 bits per heavy atom. The maximum absolute atomic E-state index is 12.6. The van der Waals surface area contributed by atoms with E-state index in [1.54, 1.807) is 28.6 Å². The normalized spacial score (nSPS) is 17.7. The number of sulfonamides is 1. The van der Waals surface area contributed by atoms with Gasteiger partial charge in [-0.05, 0) is 43.1 Å². The van der Waals surface area contributed by atoms with Gasteiger partial charge in [-0.3, -0.25) is 0 Å². The highest BCUT2D eigenvalue weighted by molar-refractivity contribution is 7.89. The molecule has 0 spiro atoms. The number of ether oxygens (including phenoxy) is 1. The molecule has 0 atom stereocenters. The maximum Gasteiger partial charge on any atom is 0.243 e. The van der Waals surface area contributed by atoms with Crippen molar-refractivity contribution in [2.45, 2.75) is 25.2 Å². The summed E-state index contributed by atoms with van der Waals surface area (Å²) in [7, 11) is -3.40. The third-order valence-corrected chi connectivity index (χ3v) is 5.26. The Bertz CT molecular complexity index is 533. The highest BCUT2D eigenvalue weighted by Gasteiger charge is 2.24. The molecule has 0 aliphatic carbocycles. The molecule has 21 heavy (non-hydrogen) atoms. The molecule has 0 saturated carbocycles. The quantitative estimate of drug-likeness (QED) is 0.899. The molecule has 6 heteroatoms. The molecule has 118 valence electrons. The van der Waals surface area contributed by atoms with Gasteiger partial charge in [-0.25, -0.2) is 8.42 Å². The van der Waals surface area contributed by atoms with Crippen LogP contribution < -0.4 is 10.1 Å². The molecule has 0 radical (unpaired) electrons. The second kappa shape index (κ2) is 7.24. The first-order valence-corrected chi connectivity index (χ1v) is 8.88. The average Bonchev–Trinajstić information content (AvgIpc) is 2.75. The first kappa shape index (κ1) is 16.3. The maximum atomic E-state index is 12.6. The topological polar surface area (TPSA) is 58.6 Å². The molecule has 1 aromatic carbocycles. The summed E-state index contributed by atoms with van der Waals surface area (Å²) in [4.78, 5) is 0.335. The molecule has 1 heterocycles. The van der Waals surface area contributed by atoms with Gasteiger partial charge in [-0.1, -0.05) is 13.8 Å². The first-order valence-electron chi connectivity index (χ1n) is 7.44. The summed E-state index contributed by atoms with van der Waals surface area (Å²) >= 11 is 0. The molecule has 0 aromatic heterocycles. The fraction of sp³-hybridized carbons (Fsp3) is 0.600. The first-order chi connectivity index (χ1) is 10.00. The van der Waals surface area contributed by atoms with Gasteiger partial charge >= 0.3 is 0 Å². The summed E-state index contributed by atoms with van der Waals surface area (Å²) in [5, 5.41) is 3.21. The Kier molecular flexibility index (Phi) is 5.61. The Balaban J connectivity index is 2.09. The van der Waals surface area contributed by atoms with Crippen LogP contribution in [0.15, 0.2) is 29.2 Å². The van der Waals surface area contributed by atoms with E-state index < -0.39 is 10.0 Å². The molecule has 0 bridgehead atoms. The molecule has 1 aromatic rings. The zero-order chi connectivity index (χ0) is 15.3. The van der Waals surface area contributed by atoms with E-state index in [4.69, 9.17) is 4.74 Å². The molecule has 1 saturated heterocycles. The van der Waals surface area contributed by atoms with Crippen molar-refractivity contribution in [3.8, 4) is 5.75 Å². The smallest absolute Gasteiger partial charge is 0.243 e. The van der Waals surface area contributed by atoms with Gasteiger partial charge in [0.2, 0.25) is 10.0 Å². The van der Waals surface area contributed by atoms with Crippen LogP contribution in [0.2, 0.25) is 0 Å². The van der Waals surface area contributed by atoms with Crippen molar-refractivity contribution in [1.29, 1.82) is 0 Å². The van der Waals surface area contributed by atoms with Gasteiger partial charge in [0.05, 0.1) is 11.5 Å². The van der Waals surface area contributed by atoms with Crippen LogP contribution in [0.5, 0.6) is 5.75 Å². The summed E-state index contributed by atoms with van der Waals surface area (Å²) < 4.78 is 32.3. The lowest BCUT2D eigenvalue weighted by atomic mass is 10.2. The minimum Gasteiger partial charge on any atom is -0.493 e. The number of benzene rings is 1. The van der Waals surface area contributed by atoms with E-state index in [0.717, 1.165) is 13.0 Å². The number of rotatable bonds is 5. The van der Waals surface area contributed by atoms with E-state index in [1.807, 2.05) is 0 Å².